The van der Waals surface area contributed by atoms with E-state index in [1.807, 2.05) is 17.9 Å². The fourth-order valence-corrected chi connectivity index (χ4v) is 1.80. The summed E-state index contributed by atoms with van der Waals surface area (Å²) in [6, 6.07) is 6.50. The molecule has 19 heavy (non-hydrogen) atoms. The van der Waals surface area contributed by atoms with Gasteiger partial charge in [-0.2, -0.15) is 5.26 Å². The molecule has 0 heterocycles. The first-order chi connectivity index (χ1) is 9.13. The third kappa shape index (κ3) is 3.93. The van der Waals surface area contributed by atoms with Gasteiger partial charge in [0.05, 0.1) is 11.5 Å². The highest BCUT2D eigenvalue weighted by Gasteiger charge is 2.16. The molecule has 0 N–H and O–H groups in total. The molecule has 0 aliphatic carbocycles. The van der Waals surface area contributed by atoms with Crippen molar-refractivity contribution in [3.05, 3.63) is 33.9 Å². The van der Waals surface area contributed by atoms with Crippen molar-refractivity contribution >= 4 is 11.4 Å². The van der Waals surface area contributed by atoms with Gasteiger partial charge in [-0.15, -0.1) is 0 Å². The van der Waals surface area contributed by atoms with Gasteiger partial charge >= 0.3 is 0 Å². The van der Waals surface area contributed by atoms with Crippen LogP contribution in [0.2, 0.25) is 0 Å². The molecule has 0 aromatic heterocycles. The van der Waals surface area contributed by atoms with E-state index in [-0.39, 0.29) is 11.3 Å². The Hall–Kier alpha value is -2.13. The van der Waals surface area contributed by atoms with Crippen molar-refractivity contribution in [1.82, 2.24) is 0 Å². The van der Waals surface area contributed by atoms with Crippen molar-refractivity contribution in [2.45, 2.75) is 13.3 Å². The Morgan fingerprint density at radius 1 is 1.47 bits per heavy atom. The van der Waals surface area contributed by atoms with Crippen molar-refractivity contribution in [1.29, 1.82) is 5.26 Å². The number of methoxy groups -OCH3 is 1. The molecule has 0 amide bonds. The minimum Gasteiger partial charge on any atom is -0.383 e. The Kier molecular flexibility index (Phi) is 5.76. The van der Waals surface area contributed by atoms with E-state index in [0.717, 1.165) is 18.7 Å². The molecule has 6 nitrogen and oxygen atoms in total. The lowest BCUT2D eigenvalue weighted by atomic mass is 10.1. The smallest absolute Gasteiger partial charge is 0.289 e. The molecule has 0 atom stereocenters. The van der Waals surface area contributed by atoms with Crippen LogP contribution in [0.15, 0.2) is 18.2 Å². The number of nitrogens with zero attached hydrogens (tertiary/aromatic N) is 3. The highest BCUT2D eigenvalue weighted by atomic mass is 16.6. The first-order valence-corrected chi connectivity index (χ1v) is 6.06. The van der Waals surface area contributed by atoms with E-state index in [2.05, 4.69) is 0 Å². The fraction of sp³-hybridized carbons (Fsp3) is 0.462. The summed E-state index contributed by atoms with van der Waals surface area (Å²) < 4.78 is 5.03. The van der Waals surface area contributed by atoms with E-state index in [9.17, 15) is 10.1 Å². The quantitative estimate of drug-likeness (QED) is 0.557. The average molecular weight is 263 g/mol. The number of hydrogen-bond donors (Lipinski definition) is 0. The van der Waals surface area contributed by atoms with Crippen LogP contribution in [0.3, 0.4) is 0 Å². The average Bonchev–Trinajstić information content (AvgIpc) is 2.42. The maximum absolute atomic E-state index is 10.9. The Morgan fingerprint density at radius 3 is 2.74 bits per heavy atom. The second-order valence-electron chi connectivity index (χ2n) is 4.05. The number of nitriles is 1. The molecule has 1 aromatic rings. The monoisotopic (exact) mass is 263 g/mol. The molecule has 0 unspecified atom stereocenters. The molecule has 0 saturated carbocycles. The molecule has 0 saturated heterocycles. The second kappa shape index (κ2) is 7.34. The van der Waals surface area contributed by atoms with E-state index >= 15 is 0 Å². The SMILES string of the molecule is CCCN(CCOC)c1ccc(C#N)c([N+](=O)[O-])c1. The first kappa shape index (κ1) is 14.9. The zero-order valence-electron chi connectivity index (χ0n) is 11.1. The molecule has 102 valence electrons. The molecule has 0 spiro atoms. The molecule has 0 radical (unpaired) electrons. The van der Waals surface area contributed by atoms with Crippen molar-refractivity contribution in [2.75, 3.05) is 31.7 Å². The van der Waals surface area contributed by atoms with Crippen LogP contribution in [0.4, 0.5) is 11.4 Å². The van der Waals surface area contributed by atoms with E-state index < -0.39 is 4.92 Å². The largest absolute Gasteiger partial charge is 0.383 e. The summed E-state index contributed by atoms with van der Waals surface area (Å²) >= 11 is 0. The maximum Gasteiger partial charge on any atom is 0.289 e. The minimum absolute atomic E-state index is 0.0805. The van der Waals surface area contributed by atoms with Gasteiger partial charge in [0.25, 0.3) is 5.69 Å². The zero-order chi connectivity index (χ0) is 14.3. The second-order valence-corrected chi connectivity index (χ2v) is 4.05. The summed E-state index contributed by atoms with van der Waals surface area (Å²) in [6.07, 6.45) is 0.928. The van der Waals surface area contributed by atoms with Gasteiger partial charge in [0.2, 0.25) is 0 Å². The Balaban J connectivity index is 3.07. The predicted octanol–water partition coefficient (Wildman–Crippen LogP) is 2.33. The standard InChI is InChI=1S/C13H17N3O3/c1-3-6-15(7-8-19-2)12-5-4-11(10-14)13(9-12)16(17)18/h4-5,9H,3,6-8H2,1-2H3. The maximum atomic E-state index is 10.9. The lowest BCUT2D eigenvalue weighted by Gasteiger charge is -2.23. The van der Waals surface area contributed by atoms with E-state index in [1.165, 1.54) is 12.1 Å². The zero-order valence-corrected chi connectivity index (χ0v) is 11.1. The lowest BCUT2D eigenvalue weighted by molar-refractivity contribution is -0.385. The summed E-state index contributed by atoms with van der Waals surface area (Å²) in [7, 11) is 1.62. The van der Waals surface area contributed by atoms with Gasteiger partial charge in [-0.05, 0) is 18.6 Å². The van der Waals surface area contributed by atoms with Crippen LogP contribution in [0.25, 0.3) is 0 Å². The van der Waals surface area contributed by atoms with Gasteiger partial charge in [-0.3, -0.25) is 10.1 Å². The third-order valence-electron chi connectivity index (χ3n) is 2.72. The fourth-order valence-electron chi connectivity index (χ4n) is 1.80. The topological polar surface area (TPSA) is 79.4 Å². The van der Waals surface area contributed by atoms with Crippen LogP contribution in [0.1, 0.15) is 18.9 Å². The normalized spacial score (nSPS) is 9.95. The Bertz CT molecular complexity index is 483. The highest BCUT2D eigenvalue weighted by Crippen LogP contribution is 2.25. The van der Waals surface area contributed by atoms with Gasteiger partial charge < -0.3 is 9.64 Å². The van der Waals surface area contributed by atoms with Gasteiger partial charge in [-0.1, -0.05) is 6.92 Å². The van der Waals surface area contributed by atoms with Crippen LogP contribution >= 0.6 is 0 Å². The number of hydrogen-bond acceptors (Lipinski definition) is 5. The van der Waals surface area contributed by atoms with E-state index in [4.69, 9.17) is 10.00 Å². The van der Waals surface area contributed by atoms with Crippen LogP contribution < -0.4 is 4.90 Å². The molecule has 1 rings (SSSR count). The van der Waals surface area contributed by atoms with Gasteiger partial charge in [0, 0.05) is 32.0 Å². The van der Waals surface area contributed by atoms with Crippen molar-refractivity contribution < 1.29 is 9.66 Å². The third-order valence-corrected chi connectivity index (χ3v) is 2.72. The molecule has 6 heteroatoms. The summed E-state index contributed by atoms with van der Waals surface area (Å²) in [5, 5.41) is 19.8. The minimum atomic E-state index is -0.525. The number of ether oxygens (including phenoxy) is 1. The van der Waals surface area contributed by atoms with Crippen molar-refractivity contribution in [3.63, 3.8) is 0 Å². The van der Waals surface area contributed by atoms with Crippen LogP contribution in [-0.4, -0.2) is 31.7 Å². The molecule has 0 aliphatic heterocycles. The van der Waals surface area contributed by atoms with Crippen LogP contribution in [0, 0.1) is 21.4 Å². The molecule has 1 aromatic carbocycles. The molecule has 0 bridgehead atoms. The van der Waals surface area contributed by atoms with E-state index in [0.29, 0.717) is 13.2 Å². The first-order valence-electron chi connectivity index (χ1n) is 6.06. The Labute approximate surface area is 112 Å². The van der Waals surface area contributed by atoms with Crippen molar-refractivity contribution in [3.8, 4) is 6.07 Å². The number of rotatable bonds is 7. The van der Waals surface area contributed by atoms with Crippen LogP contribution in [0.5, 0.6) is 0 Å². The molecule has 0 fully saturated rings. The predicted molar refractivity (Wildman–Crippen MR) is 72.2 cm³/mol. The number of benzene rings is 1. The van der Waals surface area contributed by atoms with Crippen LogP contribution in [-0.2, 0) is 4.74 Å². The molecule has 0 aliphatic rings. The Morgan fingerprint density at radius 2 is 2.21 bits per heavy atom. The van der Waals surface area contributed by atoms with Gasteiger partial charge in [-0.25, -0.2) is 0 Å². The van der Waals surface area contributed by atoms with Gasteiger partial charge in [0.1, 0.15) is 11.6 Å². The number of anilines is 1. The number of nitro groups is 1. The number of nitro benzene ring substituents is 1. The lowest BCUT2D eigenvalue weighted by Crippen LogP contribution is -2.28. The summed E-state index contributed by atoms with van der Waals surface area (Å²) in [6.45, 7) is 4.03. The van der Waals surface area contributed by atoms with E-state index in [1.54, 1.807) is 13.2 Å². The molecular weight excluding hydrogens is 246 g/mol. The summed E-state index contributed by atoms with van der Waals surface area (Å²) in [5.41, 5.74) is 0.667. The van der Waals surface area contributed by atoms with Crippen molar-refractivity contribution in [2.24, 2.45) is 0 Å². The molecular formula is C13H17N3O3. The highest BCUT2D eigenvalue weighted by molar-refractivity contribution is 5.60. The van der Waals surface area contributed by atoms with Gasteiger partial charge in [0.15, 0.2) is 0 Å². The summed E-state index contributed by atoms with van der Waals surface area (Å²) in [5.74, 6) is 0. The summed E-state index contributed by atoms with van der Waals surface area (Å²) in [4.78, 5) is 12.4.